The molecule has 0 spiro atoms. The minimum Gasteiger partial charge on any atom is -0.494 e. The van der Waals surface area contributed by atoms with Crippen LogP contribution in [-0.2, 0) is 10.2 Å². The summed E-state index contributed by atoms with van der Waals surface area (Å²) in [6.07, 6.45) is 1.74. The molecule has 122 valence electrons. The molecular weight excluding hydrogens is 276 g/mol. The van der Waals surface area contributed by atoms with Gasteiger partial charge in [-0.1, -0.05) is 39.8 Å². The van der Waals surface area contributed by atoms with Crippen molar-refractivity contribution in [1.29, 1.82) is 0 Å². The van der Waals surface area contributed by atoms with E-state index < -0.39 is 5.97 Å². The molecule has 22 heavy (non-hydrogen) atoms. The summed E-state index contributed by atoms with van der Waals surface area (Å²) in [6.45, 7) is 11.4. The van der Waals surface area contributed by atoms with Crippen LogP contribution in [0.1, 0.15) is 64.5 Å². The quantitative estimate of drug-likeness (QED) is 0.835. The molecule has 0 amide bonds. The normalized spacial score (nSPS) is 22.2. The molecule has 1 fully saturated rings. The first-order chi connectivity index (χ1) is 10.2. The minimum atomic E-state index is -0.648. The highest BCUT2D eigenvalue weighted by Gasteiger charge is 2.43. The Hall–Kier alpha value is -1.51. The lowest BCUT2D eigenvalue weighted by atomic mass is 9.83. The maximum atomic E-state index is 11.0. The standard InChI is InChI=1S/C19H28O3/c1-6-22-17-8-7-14(19(3,4)5)11-15(17)12(2)9-13-10-16(13)18(20)21/h7-8,11-13,16H,6,9-10H2,1-5H3,(H,20,21). The van der Waals surface area contributed by atoms with E-state index in [1.807, 2.05) is 6.92 Å². The minimum absolute atomic E-state index is 0.0996. The number of ether oxygens (including phenoxy) is 1. The highest BCUT2D eigenvalue weighted by Crippen LogP contribution is 2.46. The number of hydrogen-bond donors (Lipinski definition) is 1. The van der Waals surface area contributed by atoms with Crippen molar-refractivity contribution in [2.45, 2.75) is 58.8 Å². The second kappa shape index (κ2) is 6.31. The summed E-state index contributed by atoms with van der Waals surface area (Å²) in [6, 6.07) is 6.45. The van der Waals surface area contributed by atoms with Crippen molar-refractivity contribution < 1.29 is 14.6 Å². The Morgan fingerprint density at radius 3 is 2.59 bits per heavy atom. The Morgan fingerprint density at radius 2 is 2.09 bits per heavy atom. The van der Waals surface area contributed by atoms with Crippen LogP contribution in [-0.4, -0.2) is 17.7 Å². The van der Waals surface area contributed by atoms with Crippen LogP contribution in [0.5, 0.6) is 5.75 Å². The molecule has 1 aliphatic rings. The number of carbonyl (C=O) groups is 1. The Bertz CT molecular complexity index is 542. The largest absolute Gasteiger partial charge is 0.494 e. The van der Waals surface area contributed by atoms with Crippen molar-refractivity contribution >= 4 is 5.97 Å². The summed E-state index contributed by atoms with van der Waals surface area (Å²) in [5.74, 6) is 0.795. The summed E-state index contributed by atoms with van der Waals surface area (Å²) in [4.78, 5) is 11.0. The van der Waals surface area contributed by atoms with Gasteiger partial charge in [-0.2, -0.15) is 0 Å². The molecule has 1 aromatic rings. The van der Waals surface area contributed by atoms with Crippen molar-refractivity contribution in [3.63, 3.8) is 0 Å². The molecule has 3 unspecified atom stereocenters. The number of carboxylic acid groups (broad SMARTS) is 1. The smallest absolute Gasteiger partial charge is 0.306 e. The third-order valence-corrected chi connectivity index (χ3v) is 4.60. The van der Waals surface area contributed by atoms with Gasteiger partial charge in [0, 0.05) is 0 Å². The zero-order chi connectivity index (χ0) is 16.5. The number of rotatable bonds is 6. The van der Waals surface area contributed by atoms with Crippen LogP contribution in [0.3, 0.4) is 0 Å². The molecule has 1 saturated carbocycles. The van der Waals surface area contributed by atoms with Crippen molar-refractivity contribution in [2.24, 2.45) is 11.8 Å². The van der Waals surface area contributed by atoms with Crippen LogP contribution >= 0.6 is 0 Å². The molecule has 3 atom stereocenters. The first kappa shape index (κ1) is 16.9. The maximum Gasteiger partial charge on any atom is 0.306 e. The van der Waals surface area contributed by atoms with Gasteiger partial charge in [0.2, 0.25) is 0 Å². The summed E-state index contributed by atoms with van der Waals surface area (Å²) in [7, 11) is 0. The van der Waals surface area contributed by atoms with Gasteiger partial charge in [-0.25, -0.2) is 0 Å². The van der Waals surface area contributed by atoms with Crippen LogP contribution in [0, 0.1) is 11.8 Å². The predicted molar refractivity (Wildman–Crippen MR) is 88.6 cm³/mol. The maximum absolute atomic E-state index is 11.0. The first-order valence-corrected chi connectivity index (χ1v) is 8.24. The van der Waals surface area contributed by atoms with Crippen LogP contribution in [0.15, 0.2) is 18.2 Å². The predicted octanol–water partition coefficient (Wildman–Crippen LogP) is 4.60. The van der Waals surface area contributed by atoms with E-state index in [1.165, 1.54) is 11.1 Å². The fraction of sp³-hybridized carbons (Fsp3) is 0.632. The summed E-state index contributed by atoms with van der Waals surface area (Å²) < 4.78 is 5.79. The van der Waals surface area contributed by atoms with Gasteiger partial charge in [0.25, 0.3) is 0 Å². The molecular formula is C19H28O3. The van der Waals surface area contributed by atoms with Crippen LogP contribution in [0.2, 0.25) is 0 Å². The molecule has 1 aliphatic carbocycles. The average molecular weight is 304 g/mol. The summed E-state index contributed by atoms with van der Waals surface area (Å²) in [5.41, 5.74) is 2.61. The summed E-state index contributed by atoms with van der Waals surface area (Å²) in [5, 5.41) is 9.07. The van der Waals surface area contributed by atoms with Gasteiger partial charge in [-0.15, -0.1) is 0 Å². The van der Waals surface area contributed by atoms with E-state index in [0.29, 0.717) is 18.4 Å². The van der Waals surface area contributed by atoms with Gasteiger partial charge >= 0.3 is 5.97 Å². The number of benzene rings is 1. The van der Waals surface area contributed by atoms with Crippen LogP contribution < -0.4 is 4.74 Å². The van der Waals surface area contributed by atoms with E-state index in [0.717, 1.165) is 18.6 Å². The molecule has 3 heteroatoms. The number of hydrogen-bond acceptors (Lipinski definition) is 2. The number of carboxylic acids is 1. The topological polar surface area (TPSA) is 46.5 Å². The lowest BCUT2D eigenvalue weighted by Gasteiger charge is -2.23. The molecule has 3 nitrogen and oxygen atoms in total. The van der Waals surface area contributed by atoms with E-state index in [9.17, 15) is 4.79 Å². The van der Waals surface area contributed by atoms with Gasteiger partial charge in [0.05, 0.1) is 12.5 Å². The highest BCUT2D eigenvalue weighted by molar-refractivity contribution is 5.73. The van der Waals surface area contributed by atoms with Crippen molar-refractivity contribution in [1.82, 2.24) is 0 Å². The van der Waals surface area contributed by atoms with Crippen molar-refractivity contribution in [2.75, 3.05) is 6.61 Å². The fourth-order valence-electron chi connectivity index (χ4n) is 3.08. The van der Waals surface area contributed by atoms with Gasteiger partial charge in [0.15, 0.2) is 0 Å². The molecule has 1 N–H and O–H groups in total. The Morgan fingerprint density at radius 1 is 1.41 bits per heavy atom. The Labute approximate surface area is 133 Å². The monoisotopic (exact) mass is 304 g/mol. The molecule has 2 rings (SSSR count). The second-order valence-electron chi connectivity index (χ2n) is 7.51. The van der Waals surface area contributed by atoms with E-state index >= 15 is 0 Å². The Balaban J connectivity index is 2.20. The Kier molecular flexibility index (Phi) is 4.84. The SMILES string of the molecule is CCOc1ccc(C(C)(C)C)cc1C(C)CC1CC1C(=O)O. The van der Waals surface area contributed by atoms with Crippen LogP contribution in [0.4, 0.5) is 0 Å². The van der Waals surface area contributed by atoms with Gasteiger partial charge in [-0.3, -0.25) is 4.79 Å². The molecule has 0 radical (unpaired) electrons. The van der Waals surface area contributed by atoms with E-state index in [1.54, 1.807) is 0 Å². The van der Waals surface area contributed by atoms with Gasteiger partial charge in [0.1, 0.15) is 5.75 Å². The second-order valence-corrected chi connectivity index (χ2v) is 7.51. The van der Waals surface area contributed by atoms with Gasteiger partial charge < -0.3 is 9.84 Å². The van der Waals surface area contributed by atoms with E-state index in [2.05, 4.69) is 45.9 Å². The molecule has 0 saturated heterocycles. The third kappa shape index (κ3) is 3.82. The molecule has 0 heterocycles. The summed E-state index contributed by atoms with van der Waals surface area (Å²) >= 11 is 0. The fourth-order valence-corrected chi connectivity index (χ4v) is 3.08. The molecule has 0 bridgehead atoms. The number of aliphatic carboxylic acids is 1. The van der Waals surface area contributed by atoms with Gasteiger partial charge in [-0.05, 0) is 54.2 Å². The van der Waals surface area contributed by atoms with E-state index in [-0.39, 0.29) is 11.3 Å². The third-order valence-electron chi connectivity index (χ3n) is 4.60. The van der Waals surface area contributed by atoms with Crippen LogP contribution in [0.25, 0.3) is 0 Å². The average Bonchev–Trinajstić information content (AvgIpc) is 3.17. The lowest BCUT2D eigenvalue weighted by molar-refractivity contribution is -0.138. The zero-order valence-electron chi connectivity index (χ0n) is 14.3. The van der Waals surface area contributed by atoms with Crippen molar-refractivity contribution in [3.8, 4) is 5.75 Å². The highest BCUT2D eigenvalue weighted by atomic mass is 16.5. The molecule has 0 aliphatic heterocycles. The lowest BCUT2D eigenvalue weighted by Crippen LogP contribution is -2.13. The zero-order valence-corrected chi connectivity index (χ0v) is 14.3. The first-order valence-electron chi connectivity index (χ1n) is 8.24. The van der Waals surface area contributed by atoms with Crippen molar-refractivity contribution in [3.05, 3.63) is 29.3 Å². The molecule has 0 aromatic heterocycles. The van der Waals surface area contributed by atoms with E-state index in [4.69, 9.17) is 9.84 Å². The molecule has 1 aromatic carbocycles.